The van der Waals surface area contributed by atoms with Gasteiger partial charge in [0.2, 0.25) is 0 Å². The molecule has 1 heterocycles. The van der Waals surface area contributed by atoms with Gasteiger partial charge in [0.15, 0.2) is 5.82 Å². The Bertz CT molecular complexity index is 677. The Hall–Kier alpha value is -2.37. The Balaban J connectivity index is 2.04. The predicted molar refractivity (Wildman–Crippen MR) is 71.2 cm³/mol. The van der Waals surface area contributed by atoms with Gasteiger partial charge in [-0.05, 0) is 31.0 Å². The van der Waals surface area contributed by atoms with Crippen LogP contribution in [-0.4, -0.2) is 22.9 Å². The number of anilines is 1. The lowest BCUT2D eigenvalue weighted by atomic mass is 10.1. The number of ether oxygens (including phenoxy) is 1. The lowest BCUT2D eigenvalue weighted by molar-refractivity contribution is 0.0602. The molecule has 1 aromatic heterocycles. The molecule has 5 nitrogen and oxygen atoms in total. The van der Waals surface area contributed by atoms with Crippen LogP contribution in [0.3, 0.4) is 0 Å². The van der Waals surface area contributed by atoms with Crippen molar-refractivity contribution in [2.45, 2.75) is 18.8 Å². The van der Waals surface area contributed by atoms with E-state index in [4.69, 9.17) is 5.73 Å². The summed E-state index contributed by atoms with van der Waals surface area (Å²) in [6.07, 6.45) is 3.92. The van der Waals surface area contributed by atoms with Crippen molar-refractivity contribution in [3.8, 4) is 5.69 Å². The van der Waals surface area contributed by atoms with Crippen LogP contribution in [-0.2, 0) is 4.74 Å². The number of nitrogen functional groups attached to an aromatic ring is 1. The zero-order valence-corrected chi connectivity index (χ0v) is 11.0. The zero-order chi connectivity index (χ0) is 14.3. The summed E-state index contributed by atoms with van der Waals surface area (Å²) >= 11 is 0. The SMILES string of the molecule is COC(=O)c1cc(-n2ccc(C3CC3)n2)c(F)cc1N. The number of nitrogens with two attached hydrogens (primary N) is 1. The zero-order valence-electron chi connectivity index (χ0n) is 11.0. The molecule has 1 aromatic carbocycles. The van der Waals surface area contributed by atoms with E-state index in [2.05, 4.69) is 9.84 Å². The number of hydrogen-bond acceptors (Lipinski definition) is 4. The van der Waals surface area contributed by atoms with E-state index in [1.807, 2.05) is 6.07 Å². The second kappa shape index (κ2) is 4.63. The van der Waals surface area contributed by atoms with Crippen molar-refractivity contribution in [1.29, 1.82) is 0 Å². The van der Waals surface area contributed by atoms with Crippen molar-refractivity contribution in [2.24, 2.45) is 0 Å². The summed E-state index contributed by atoms with van der Waals surface area (Å²) in [7, 11) is 1.25. The van der Waals surface area contributed by atoms with Gasteiger partial charge in [-0.15, -0.1) is 0 Å². The Morgan fingerprint density at radius 1 is 1.50 bits per heavy atom. The molecule has 0 unspecified atom stereocenters. The normalized spacial score (nSPS) is 14.3. The molecule has 0 saturated heterocycles. The van der Waals surface area contributed by atoms with Crippen molar-refractivity contribution >= 4 is 11.7 Å². The lowest BCUT2D eigenvalue weighted by Crippen LogP contribution is -2.09. The van der Waals surface area contributed by atoms with Crippen LogP contribution in [0, 0.1) is 5.82 Å². The van der Waals surface area contributed by atoms with Crippen molar-refractivity contribution in [2.75, 3.05) is 12.8 Å². The number of nitrogens with zero attached hydrogens (tertiary/aromatic N) is 2. The van der Waals surface area contributed by atoms with E-state index in [-0.39, 0.29) is 16.9 Å². The molecule has 3 rings (SSSR count). The number of aromatic nitrogens is 2. The number of methoxy groups -OCH3 is 1. The molecular formula is C14H14FN3O2. The van der Waals surface area contributed by atoms with Gasteiger partial charge in [-0.25, -0.2) is 13.9 Å². The van der Waals surface area contributed by atoms with Crippen LogP contribution >= 0.6 is 0 Å². The topological polar surface area (TPSA) is 70.1 Å². The van der Waals surface area contributed by atoms with Crippen LogP contribution in [0.1, 0.15) is 34.8 Å². The van der Waals surface area contributed by atoms with E-state index in [1.165, 1.54) is 17.9 Å². The molecule has 1 fully saturated rings. The number of benzene rings is 1. The van der Waals surface area contributed by atoms with E-state index in [1.54, 1.807) is 6.20 Å². The maximum absolute atomic E-state index is 14.0. The van der Waals surface area contributed by atoms with Gasteiger partial charge >= 0.3 is 5.97 Å². The van der Waals surface area contributed by atoms with Crippen LogP contribution < -0.4 is 5.73 Å². The first-order chi connectivity index (χ1) is 9.60. The summed E-state index contributed by atoms with van der Waals surface area (Å²) in [4.78, 5) is 11.6. The summed E-state index contributed by atoms with van der Waals surface area (Å²) < 4.78 is 20.1. The minimum Gasteiger partial charge on any atom is -0.465 e. The van der Waals surface area contributed by atoms with Gasteiger partial charge in [-0.3, -0.25) is 0 Å². The van der Waals surface area contributed by atoms with Crippen molar-refractivity contribution in [1.82, 2.24) is 9.78 Å². The molecule has 6 heteroatoms. The number of hydrogen-bond donors (Lipinski definition) is 1. The molecule has 0 aliphatic heterocycles. The minimum atomic E-state index is -0.599. The maximum atomic E-state index is 14.0. The molecule has 2 N–H and O–H groups in total. The third-order valence-electron chi connectivity index (χ3n) is 3.38. The first-order valence-corrected chi connectivity index (χ1v) is 6.33. The second-order valence-electron chi connectivity index (χ2n) is 4.84. The van der Waals surface area contributed by atoms with Gasteiger partial charge < -0.3 is 10.5 Å². The van der Waals surface area contributed by atoms with E-state index in [9.17, 15) is 9.18 Å². The fraction of sp³-hybridized carbons (Fsp3) is 0.286. The molecule has 1 aliphatic carbocycles. The Morgan fingerprint density at radius 3 is 2.90 bits per heavy atom. The summed E-state index contributed by atoms with van der Waals surface area (Å²) in [6.45, 7) is 0. The first kappa shape index (κ1) is 12.7. The second-order valence-corrected chi connectivity index (χ2v) is 4.84. The number of esters is 1. The fourth-order valence-corrected chi connectivity index (χ4v) is 2.11. The molecule has 0 spiro atoms. The highest BCUT2D eigenvalue weighted by Crippen LogP contribution is 2.39. The number of carbonyl (C=O) groups excluding carboxylic acids is 1. The lowest BCUT2D eigenvalue weighted by Gasteiger charge is -2.08. The van der Waals surface area contributed by atoms with E-state index in [0.29, 0.717) is 5.92 Å². The minimum absolute atomic E-state index is 0.0488. The third kappa shape index (κ3) is 2.13. The number of carbonyl (C=O) groups is 1. The highest BCUT2D eigenvalue weighted by atomic mass is 19.1. The van der Waals surface area contributed by atoms with E-state index in [0.717, 1.165) is 24.6 Å². The molecule has 2 aromatic rings. The summed E-state index contributed by atoms with van der Waals surface area (Å²) in [6, 6.07) is 4.34. The third-order valence-corrected chi connectivity index (χ3v) is 3.38. The van der Waals surface area contributed by atoms with Gasteiger partial charge in [-0.1, -0.05) is 0 Å². The molecule has 0 atom stereocenters. The highest BCUT2D eigenvalue weighted by molar-refractivity contribution is 5.95. The van der Waals surface area contributed by atoms with Crippen molar-refractivity contribution in [3.63, 3.8) is 0 Å². The molecular weight excluding hydrogens is 261 g/mol. The molecule has 104 valence electrons. The van der Waals surface area contributed by atoms with Crippen LogP contribution in [0.5, 0.6) is 0 Å². The maximum Gasteiger partial charge on any atom is 0.340 e. The molecule has 0 bridgehead atoms. The molecule has 0 amide bonds. The Labute approximate surface area is 115 Å². The van der Waals surface area contributed by atoms with Gasteiger partial charge in [0.1, 0.15) is 5.69 Å². The summed E-state index contributed by atoms with van der Waals surface area (Å²) in [5, 5.41) is 4.34. The van der Waals surface area contributed by atoms with Gasteiger partial charge in [0, 0.05) is 17.8 Å². The Kier molecular flexibility index (Phi) is 2.93. The predicted octanol–water partition coefficient (Wildman–Crippen LogP) is 2.26. The van der Waals surface area contributed by atoms with E-state index < -0.39 is 11.8 Å². The standard InChI is InChI=1S/C14H14FN3O2/c1-20-14(19)9-6-13(10(15)7-11(9)16)18-5-4-12(17-18)8-2-3-8/h4-8H,2-3,16H2,1H3. The fourth-order valence-electron chi connectivity index (χ4n) is 2.11. The van der Waals surface area contributed by atoms with Gasteiger partial charge in [0.05, 0.1) is 18.4 Å². The smallest absolute Gasteiger partial charge is 0.340 e. The van der Waals surface area contributed by atoms with Crippen LogP contribution in [0.2, 0.25) is 0 Å². The van der Waals surface area contributed by atoms with Gasteiger partial charge in [-0.2, -0.15) is 5.10 Å². The molecule has 0 radical (unpaired) electrons. The largest absolute Gasteiger partial charge is 0.465 e. The molecule has 1 saturated carbocycles. The van der Waals surface area contributed by atoms with Gasteiger partial charge in [0.25, 0.3) is 0 Å². The average Bonchev–Trinajstić information content (AvgIpc) is 3.17. The molecule has 1 aliphatic rings. The first-order valence-electron chi connectivity index (χ1n) is 6.33. The monoisotopic (exact) mass is 275 g/mol. The molecule has 20 heavy (non-hydrogen) atoms. The van der Waals surface area contributed by atoms with Crippen molar-refractivity contribution < 1.29 is 13.9 Å². The van der Waals surface area contributed by atoms with Crippen molar-refractivity contribution in [3.05, 3.63) is 41.5 Å². The average molecular weight is 275 g/mol. The van der Waals surface area contributed by atoms with Crippen LogP contribution in [0.15, 0.2) is 24.4 Å². The van der Waals surface area contributed by atoms with Crippen LogP contribution in [0.4, 0.5) is 10.1 Å². The Morgan fingerprint density at radius 2 is 2.25 bits per heavy atom. The van der Waals surface area contributed by atoms with Crippen LogP contribution in [0.25, 0.3) is 5.69 Å². The summed E-state index contributed by atoms with van der Waals surface area (Å²) in [5.74, 6) is -0.646. The number of rotatable bonds is 3. The summed E-state index contributed by atoms with van der Waals surface area (Å²) in [5.41, 5.74) is 6.95. The number of halogens is 1. The van der Waals surface area contributed by atoms with E-state index >= 15 is 0 Å². The quantitative estimate of drug-likeness (QED) is 0.689. The highest BCUT2D eigenvalue weighted by Gasteiger charge is 2.26.